The molecule has 2 aliphatic heterocycles. The van der Waals surface area contributed by atoms with Gasteiger partial charge in [-0.05, 0) is 41.8 Å². The monoisotopic (exact) mass is 573 g/mol. The Hall–Kier alpha value is -4.50. The molecule has 2 aromatic rings. The first kappa shape index (κ1) is 28.0. The fourth-order valence-electron chi connectivity index (χ4n) is 5.37. The molecule has 10 heteroatoms. The van der Waals surface area contributed by atoms with Crippen molar-refractivity contribution in [2.75, 3.05) is 14.2 Å². The summed E-state index contributed by atoms with van der Waals surface area (Å²) < 4.78 is 11.2. The van der Waals surface area contributed by atoms with Gasteiger partial charge in [0.2, 0.25) is 5.91 Å². The number of carboxylic acids is 1. The Morgan fingerprint density at radius 3 is 2.56 bits per heavy atom. The molecule has 0 radical (unpaired) electrons. The lowest BCUT2D eigenvalue weighted by atomic mass is 9.79. The van der Waals surface area contributed by atoms with Crippen LogP contribution in [0.4, 0.5) is 0 Å². The molecule has 0 saturated carbocycles. The number of aliphatic carboxylic acids is 1. The van der Waals surface area contributed by atoms with Gasteiger partial charge >= 0.3 is 5.97 Å². The molecule has 0 saturated heterocycles. The van der Waals surface area contributed by atoms with Gasteiger partial charge in [0.1, 0.15) is 0 Å². The summed E-state index contributed by atoms with van der Waals surface area (Å²) in [4.78, 5) is 42.6. The molecule has 1 aliphatic carbocycles. The second kappa shape index (κ2) is 11.9. The van der Waals surface area contributed by atoms with Gasteiger partial charge in [0, 0.05) is 35.8 Å². The van der Waals surface area contributed by atoms with Gasteiger partial charge in [-0.15, -0.1) is 0 Å². The van der Waals surface area contributed by atoms with Crippen LogP contribution >= 0.6 is 11.6 Å². The normalized spacial score (nSPS) is 19.6. The van der Waals surface area contributed by atoms with E-state index < -0.39 is 17.9 Å². The van der Waals surface area contributed by atoms with Crippen LogP contribution in [0.5, 0.6) is 11.5 Å². The number of carbonyl (C=O) groups excluding carboxylic acids is 2. The number of rotatable bonds is 9. The number of carbonyl (C=O) groups is 3. The molecule has 2 atom stereocenters. The number of hydrogen-bond donors (Lipinski definition) is 1. The van der Waals surface area contributed by atoms with E-state index >= 15 is 0 Å². The number of hydrogen-bond acceptors (Lipinski definition) is 6. The second-order valence-corrected chi connectivity index (χ2v) is 10.1. The minimum atomic E-state index is -0.983. The van der Waals surface area contributed by atoms with Crippen LogP contribution in [0.25, 0.3) is 5.57 Å². The van der Waals surface area contributed by atoms with Crippen molar-refractivity contribution in [1.29, 1.82) is 0 Å². The van der Waals surface area contributed by atoms with Crippen molar-refractivity contribution in [1.82, 2.24) is 5.01 Å². The Kier molecular flexibility index (Phi) is 8.16. The minimum absolute atomic E-state index is 0.0264. The number of benzene rings is 2. The topological polar surface area (TPSA) is 118 Å². The van der Waals surface area contributed by atoms with E-state index in [4.69, 9.17) is 31.3 Å². The Morgan fingerprint density at radius 2 is 1.85 bits per heavy atom. The fourth-order valence-corrected chi connectivity index (χ4v) is 5.50. The molecular weight excluding hydrogens is 546 g/mol. The summed E-state index contributed by atoms with van der Waals surface area (Å²) >= 11 is 6.18. The number of fused-ring (bicyclic) bond motifs is 1. The van der Waals surface area contributed by atoms with Gasteiger partial charge in [0.25, 0.3) is 5.91 Å². The Bertz CT molecular complexity index is 1550. The van der Waals surface area contributed by atoms with E-state index in [1.165, 1.54) is 19.2 Å². The van der Waals surface area contributed by atoms with Crippen molar-refractivity contribution in [2.45, 2.75) is 31.7 Å². The summed E-state index contributed by atoms with van der Waals surface area (Å²) in [6, 6.07) is 12.0. The van der Waals surface area contributed by atoms with Crippen molar-refractivity contribution >= 4 is 46.4 Å². The molecule has 2 amide bonds. The highest BCUT2D eigenvalue weighted by Crippen LogP contribution is 2.44. The highest BCUT2D eigenvalue weighted by atomic mass is 35.5. The lowest BCUT2D eigenvalue weighted by Gasteiger charge is -2.26. The van der Waals surface area contributed by atoms with Gasteiger partial charge in [0.15, 0.2) is 11.5 Å². The zero-order chi connectivity index (χ0) is 29.1. The molecule has 1 N–H and O–H groups in total. The summed E-state index contributed by atoms with van der Waals surface area (Å²) in [6.07, 6.45) is 7.73. The summed E-state index contributed by atoms with van der Waals surface area (Å²) in [5.41, 5.74) is 3.53. The molecule has 0 spiro atoms. The largest absolute Gasteiger partial charge is 0.493 e. The first-order valence-corrected chi connectivity index (χ1v) is 13.5. The van der Waals surface area contributed by atoms with E-state index in [9.17, 15) is 14.4 Å². The van der Waals surface area contributed by atoms with Crippen molar-refractivity contribution in [3.8, 4) is 11.5 Å². The quantitative estimate of drug-likeness (QED) is 0.428. The number of aliphatic imine (C=N–C) groups is 1. The maximum atomic E-state index is 13.7. The molecule has 0 fully saturated rings. The van der Waals surface area contributed by atoms with Gasteiger partial charge in [-0.2, -0.15) is 5.10 Å². The first-order valence-electron chi connectivity index (χ1n) is 13.1. The number of methoxy groups -OCH3 is 2. The average molecular weight is 574 g/mol. The van der Waals surface area contributed by atoms with Crippen LogP contribution in [0, 0.1) is 5.92 Å². The van der Waals surface area contributed by atoms with E-state index in [0.717, 1.165) is 11.1 Å². The van der Waals surface area contributed by atoms with E-state index in [2.05, 4.69) is 4.99 Å². The first-order chi connectivity index (χ1) is 19.8. The smallest absolute Gasteiger partial charge is 0.303 e. The maximum absolute atomic E-state index is 13.7. The molecule has 9 nitrogen and oxygen atoms in total. The standard InChI is InChI=1S/C31H28ClN3O6/c1-40-25-10-5-8-21(30(25)41-2)24-17-23(34-35(24)26(36)11-6-12-27(37)38)29-28(18-13-15-19(32)16-14-18)20-7-3-4-9-22(20)33-31(29)39/h3-5,7-10,13-16,20,24H,6,11-12,17H2,1-2H3,(H,37,38). The predicted octanol–water partition coefficient (Wildman–Crippen LogP) is 5.42. The number of carboxylic acid groups (broad SMARTS) is 1. The number of amides is 2. The summed E-state index contributed by atoms with van der Waals surface area (Å²) in [7, 11) is 3.04. The molecule has 2 heterocycles. The number of para-hydroxylation sites is 1. The van der Waals surface area contributed by atoms with Crippen LogP contribution in [0.2, 0.25) is 5.02 Å². The Balaban J connectivity index is 1.64. The minimum Gasteiger partial charge on any atom is -0.493 e. The number of hydrazone groups is 1. The summed E-state index contributed by atoms with van der Waals surface area (Å²) in [5, 5.41) is 15.7. The van der Waals surface area contributed by atoms with Crippen LogP contribution < -0.4 is 9.47 Å². The molecule has 0 aromatic heterocycles. The van der Waals surface area contributed by atoms with Crippen molar-refractivity contribution in [3.63, 3.8) is 0 Å². The van der Waals surface area contributed by atoms with Crippen LogP contribution in [-0.4, -0.2) is 53.5 Å². The lowest BCUT2D eigenvalue weighted by molar-refractivity contribution is -0.137. The van der Waals surface area contributed by atoms with Gasteiger partial charge in [-0.1, -0.05) is 54.1 Å². The molecule has 0 bridgehead atoms. The van der Waals surface area contributed by atoms with E-state index in [-0.39, 0.29) is 37.5 Å². The SMILES string of the molecule is COc1cccc(C2CC(C3=C(c4ccc(Cl)cc4)C4C=CC=CC4=NC3=O)=NN2C(=O)CCCC(=O)O)c1OC. The Labute approximate surface area is 242 Å². The lowest BCUT2D eigenvalue weighted by Crippen LogP contribution is -2.27. The van der Waals surface area contributed by atoms with Gasteiger partial charge < -0.3 is 14.6 Å². The van der Waals surface area contributed by atoms with Crippen molar-refractivity contribution in [2.24, 2.45) is 16.0 Å². The third-order valence-electron chi connectivity index (χ3n) is 7.21. The van der Waals surface area contributed by atoms with Crippen molar-refractivity contribution in [3.05, 3.63) is 88.5 Å². The second-order valence-electron chi connectivity index (χ2n) is 9.69. The summed E-state index contributed by atoms with van der Waals surface area (Å²) in [6.45, 7) is 0. The Morgan fingerprint density at radius 1 is 1.07 bits per heavy atom. The highest BCUT2D eigenvalue weighted by molar-refractivity contribution is 6.34. The number of allylic oxidation sites excluding steroid dienone is 5. The third-order valence-corrected chi connectivity index (χ3v) is 7.46. The number of nitrogens with zero attached hydrogens (tertiary/aromatic N) is 3. The molecule has 2 aromatic carbocycles. The number of ether oxygens (including phenoxy) is 2. The van der Waals surface area contributed by atoms with Gasteiger partial charge in [0.05, 0.1) is 37.3 Å². The molecule has 210 valence electrons. The zero-order valence-electron chi connectivity index (χ0n) is 22.5. The van der Waals surface area contributed by atoms with Crippen LogP contribution in [0.1, 0.15) is 42.9 Å². The molecule has 41 heavy (non-hydrogen) atoms. The van der Waals surface area contributed by atoms with Crippen LogP contribution in [0.3, 0.4) is 0 Å². The average Bonchev–Trinajstić information content (AvgIpc) is 3.41. The number of dihydropyridines is 1. The zero-order valence-corrected chi connectivity index (χ0v) is 23.3. The van der Waals surface area contributed by atoms with Crippen LogP contribution in [-0.2, 0) is 14.4 Å². The van der Waals surface area contributed by atoms with Gasteiger partial charge in [-0.25, -0.2) is 10.0 Å². The van der Waals surface area contributed by atoms with E-state index in [0.29, 0.717) is 39.1 Å². The fraction of sp³-hybridized carbons (Fsp3) is 0.258. The molecule has 3 aliphatic rings. The predicted molar refractivity (Wildman–Crippen MR) is 155 cm³/mol. The van der Waals surface area contributed by atoms with Crippen LogP contribution in [0.15, 0.2) is 82.4 Å². The molecular formula is C31H28ClN3O6. The molecule has 2 unspecified atom stereocenters. The number of halogens is 1. The van der Waals surface area contributed by atoms with Crippen molar-refractivity contribution < 1.29 is 29.0 Å². The third kappa shape index (κ3) is 5.58. The maximum Gasteiger partial charge on any atom is 0.303 e. The molecule has 5 rings (SSSR count). The summed E-state index contributed by atoms with van der Waals surface area (Å²) in [5.74, 6) is -1.15. The van der Waals surface area contributed by atoms with E-state index in [1.807, 2.05) is 42.5 Å². The van der Waals surface area contributed by atoms with Gasteiger partial charge in [-0.3, -0.25) is 14.4 Å². The van der Waals surface area contributed by atoms with E-state index in [1.54, 1.807) is 24.3 Å². The highest BCUT2D eigenvalue weighted by Gasteiger charge is 2.41.